The predicted octanol–water partition coefficient (Wildman–Crippen LogP) is 3.91. The smallest absolute Gasteiger partial charge is 0.225 e. The molecule has 0 aliphatic carbocycles. The molecular formula is C17H22N4O. The van der Waals surface area contributed by atoms with Crippen molar-refractivity contribution in [3.63, 3.8) is 0 Å². The zero-order valence-electron chi connectivity index (χ0n) is 13.1. The second-order valence-corrected chi connectivity index (χ2v) is 5.13. The molecule has 2 aromatic rings. The Morgan fingerprint density at radius 1 is 1.00 bits per heavy atom. The van der Waals surface area contributed by atoms with Crippen molar-refractivity contribution in [1.82, 2.24) is 10.2 Å². The number of carbonyl (C=O) groups is 1. The Hall–Kier alpha value is -2.43. The minimum atomic E-state index is -0.0213. The highest BCUT2D eigenvalue weighted by Crippen LogP contribution is 2.16. The summed E-state index contributed by atoms with van der Waals surface area (Å²) in [5.74, 6) is 1.11. The summed E-state index contributed by atoms with van der Waals surface area (Å²) in [6.45, 7) is 4.18. The number of anilines is 3. The lowest BCUT2D eigenvalue weighted by molar-refractivity contribution is -0.116. The van der Waals surface area contributed by atoms with Gasteiger partial charge in [0.1, 0.15) is 0 Å². The fourth-order valence-electron chi connectivity index (χ4n) is 1.98. The summed E-state index contributed by atoms with van der Waals surface area (Å²) in [7, 11) is 0. The molecular weight excluding hydrogens is 276 g/mol. The molecule has 2 rings (SSSR count). The van der Waals surface area contributed by atoms with Crippen LogP contribution in [-0.2, 0) is 11.2 Å². The maximum Gasteiger partial charge on any atom is 0.225 e. The highest BCUT2D eigenvalue weighted by molar-refractivity contribution is 5.89. The second kappa shape index (κ2) is 8.12. The van der Waals surface area contributed by atoms with Gasteiger partial charge in [-0.1, -0.05) is 32.4 Å². The van der Waals surface area contributed by atoms with Gasteiger partial charge in [0, 0.05) is 12.1 Å². The van der Waals surface area contributed by atoms with Crippen molar-refractivity contribution in [3.8, 4) is 0 Å². The maximum atomic E-state index is 11.6. The summed E-state index contributed by atoms with van der Waals surface area (Å²) < 4.78 is 0. The molecule has 116 valence electrons. The first kappa shape index (κ1) is 15.9. The van der Waals surface area contributed by atoms with E-state index < -0.39 is 0 Å². The molecule has 0 unspecified atom stereocenters. The van der Waals surface area contributed by atoms with E-state index in [1.54, 1.807) is 12.1 Å². The SMILES string of the molecule is CCCCC(=O)Nc1ccc(Nc2ccc(CC)cc2)nn1. The van der Waals surface area contributed by atoms with Crippen LogP contribution in [0, 0.1) is 0 Å². The van der Waals surface area contributed by atoms with Gasteiger partial charge in [0.05, 0.1) is 0 Å². The molecule has 1 aromatic heterocycles. The van der Waals surface area contributed by atoms with Crippen LogP contribution in [0.2, 0.25) is 0 Å². The number of unbranched alkanes of at least 4 members (excludes halogenated alkanes) is 1. The zero-order valence-corrected chi connectivity index (χ0v) is 13.1. The van der Waals surface area contributed by atoms with Crippen LogP contribution in [0.1, 0.15) is 38.7 Å². The van der Waals surface area contributed by atoms with Gasteiger partial charge in [-0.15, -0.1) is 10.2 Å². The van der Waals surface area contributed by atoms with E-state index in [1.807, 2.05) is 12.1 Å². The first-order chi connectivity index (χ1) is 10.7. The third kappa shape index (κ3) is 4.84. The van der Waals surface area contributed by atoms with Crippen molar-refractivity contribution in [3.05, 3.63) is 42.0 Å². The minimum Gasteiger partial charge on any atom is -0.339 e. The number of hydrogen-bond acceptors (Lipinski definition) is 4. The molecule has 2 N–H and O–H groups in total. The number of aromatic nitrogens is 2. The van der Waals surface area contributed by atoms with E-state index in [2.05, 4.69) is 46.8 Å². The highest BCUT2D eigenvalue weighted by Gasteiger charge is 2.04. The van der Waals surface area contributed by atoms with E-state index in [9.17, 15) is 4.79 Å². The van der Waals surface area contributed by atoms with Gasteiger partial charge in [0.25, 0.3) is 0 Å². The van der Waals surface area contributed by atoms with Gasteiger partial charge in [0.15, 0.2) is 11.6 Å². The molecule has 0 atom stereocenters. The molecule has 1 heterocycles. The largest absolute Gasteiger partial charge is 0.339 e. The molecule has 5 nitrogen and oxygen atoms in total. The summed E-state index contributed by atoms with van der Waals surface area (Å²) in [6.07, 6.45) is 3.42. The number of rotatable bonds is 7. The van der Waals surface area contributed by atoms with Gasteiger partial charge in [0.2, 0.25) is 5.91 Å². The molecule has 0 aliphatic rings. The van der Waals surface area contributed by atoms with Crippen LogP contribution in [0.4, 0.5) is 17.3 Å². The highest BCUT2D eigenvalue weighted by atomic mass is 16.1. The van der Waals surface area contributed by atoms with E-state index in [4.69, 9.17) is 0 Å². The Balaban J connectivity index is 1.92. The number of aryl methyl sites for hydroxylation is 1. The van der Waals surface area contributed by atoms with Gasteiger partial charge >= 0.3 is 0 Å². The minimum absolute atomic E-state index is 0.0213. The van der Waals surface area contributed by atoms with Crippen molar-refractivity contribution < 1.29 is 4.79 Å². The van der Waals surface area contributed by atoms with Gasteiger partial charge in [-0.2, -0.15) is 0 Å². The van der Waals surface area contributed by atoms with Crippen molar-refractivity contribution in [2.45, 2.75) is 39.5 Å². The molecule has 5 heteroatoms. The molecule has 1 aromatic carbocycles. The van der Waals surface area contributed by atoms with Crippen LogP contribution in [-0.4, -0.2) is 16.1 Å². The molecule has 0 radical (unpaired) electrons. The number of hydrogen-bond donors (Lipinski definition) is 2. The number of nitrogens with zero attached hydrogens (tertiary/aromatic N) is 2. The lowest BCUT2D eigenvalue weighted by Gasteiger charge is -2.07. The number of amides is 1. The fourth-order valence-corrected chi connectivity index (χ4v) is 1.98. The van der Waals surface area contributed by atoms with E-state index in [0.29, 0.717) is 18.1 Å². The Labute approximate surface area is 131 Å². The molecule has 0 fully saturated rings. The summed E-state index contributed by atoms with van der Waals surface area (Å²) in [4.78, 5) is 11.6. The zero-order chi connectivity index (χ0) is 15.8. The van der Waals surface area contributed by atoms with Gasteiger partial charge in [-0.25, -0.2) is 0 Å². The Bertz CT molecular complexity index is 593. The number of carbonyl (C=O) groups excluding carboxylic acids is 1. The first-order valence-electron chi connectivity index (χ1n) is 7.70. The lowest BCUT2D eigenvalue weighted by atomic mass is 10.1. The van der Waals surface area contributed by atoms with Gasteiger partial charge in [-0.05, 0) is 42.7 Å². The molecule has 0 spiro atoms. The van der Waals surface area contributed by atoms with Crippen molar-refractivity contribution in [2.24, 2.45) is 0 Å². The lowest BCUT2D eigenvalue weighted by Crippen LogP contribution is -2.12. The van der Waals surface area contributed by atoms with Crippen LogP contribution < -0.4 is 10.6 Å². The van der Waals surface area contributed by atoms with Crippen LogP contribution >= 0.6 is 0 Å². The summed E-state index contributed by atoms with van der Waals surface area (Å²) in [6, 6.07) is 11.7. The van der Waals surface area contributed by atoms with Gasteiger partial charge < -0.3 is 10.6 Å². The Morgan fingerprint density at radius 3 is 2.27 bits per heavy atom. The monoisotopic (exact) mass is 298 g/mol. The van der Waals surface area contributed by atoms with Crippen molar-refractivity contribution in [1.29, 1.82) is 0 Å². The average molecular weight is 298 g/mol. The molecule has 0 bridgehead atoms. The molecule has 0 saturated carbocycles. The summed E-state index contributed by atoms with van der Waals surface area (Å²) in [5.41, 5.74) is 2.26. The van der Waals surface area contributed by atoms with E-state index >= 15 is 0 Å². The normalized spacial score (nSPS) is 10.3. The van der Waals surface area contributed by atoms with Gasteiger partial charge in [-0.3, -0.25) is 4.79 Å². The van der Waals surface area contributed by atoms with Crippen LogP contribution in [0.25, 0.3) is 0 Å². The van der Waals surface area contributed by atoms with E-state index in [-0.39, 0.29) is 5.91 Å². The summed E-state index contributed by atoms with van der Waals surface area (Å²) >= 11 is 0. The quantitative estimate of drug-likeness (QED) is 0.813. The molecule has 0 aliphatic heterocycles. The third-order valence-corrected chi connectivity index (χ3v) is 3.32. The van der Waals surface area contributed by atoms with Crippen LogP contribution in [0.3, 0.4) is 0 Å². The Kier molecular flexibility index (Phi) is 5.89. The Morgan fingerprint density at radius 2 is 1.68 bits per heavy atom. The average Bonchev–Trinajstić information content (AvgIpc) is 2.55. The van der Waals surface area contributed by atoms with Crippen molar-refractivity contribution >= 4 is 23.2 Å². The fraction of sp³-hybridized carbons (Fsp3) is 0.353. The van der Waals surface area contributed by atoms with Crippen LogP contribution in [0.15, 0.2) is 36.4 Å². The molecule has 22 heavy (non-hydrogen) atoms. The van der Waals surface area contributed by atoms with Crippen LogP contribution in [0.5, 0.6) is 0 Å². The topological polar surface area (TPSA) is 66.9 Å². The molecule has 1 amide bonds. The number of nitrogens with one attached hydrogen (secondary N) is 2. The van der Waals surface area contributed by atoms with E-state index in [1.165, 1.54) is 5.56 Å². The summed E-state index contributed by atoms with van der Waals surface area (Å²) in [5, 5.41) is 14.0. The van der Waals surface area contributed by atoms with E-state index in [0.717, 1.165) is 24.9 Å². The molecule has 0 saturated heterocycles. The second-order valence-electron chi connectivity index (χ2n) is 5.13. The third-order valence-electron chi connectivity index (χ3n) is 3.32. The van der Waals surface area contributed by atoms with Crippen molar-refractivity contribution in [2.75, 3.05) is 10.6 Å². The number of benzene rings is 1. The maximum absolute atomic E-state index is 11.6. The first-order valence-corrected chi connectivity index (χ1v) is 7.70. The predicted molar refractivity (Wildman–Crippen MR) is 89.3 cm³/mol. The standard InChI is InChI=1S/C17H22N4O/c1-3-5-6-17(22)19-16-12-11-15(20-21-16)18-14-9-7-13(4-2)8-10-14/h7-12H,3-6H2,1-2H3,(H,18,20)(H,19,21,22).